The summed E-state index contributed by atoms with van der Waals surface area (Å²) in [6, 6.07) is 0. The second kappa shape index (κ2) is 6.01. The molecule has 2 fully saturated rings. The van der Waals surface area contributed by atoms with Crippen molar-refractivity contribution in [3.8, 4) is 0 Å². The van der Waals surface area contributed by atoms with Crippen molar-refractivity contribution in [2.75, 3.05) is 0 Å². The molecule has 2 rings (SSSR count). The third-order valence-corrected chi connectivity index (χ3v) is 6.67. The van der Waals surface area contributed by atoms with E-state index in [-0.39, 0.29) is 0 Å². The Labute approximate surface area is 128 Å². The maximum Gasteiger partial charge on any atom is -0.0206 e. The van der Waals surface area contributed by atoms with Crippen molar-refractivity contribution in [1.82, 2.24) is 0 Å². The zero-order chi connectivity index (χ0) is 15.1. The first-order valence-corrected chi connectivity index (χ1v) is 9.29. The van der Waals surface area contributed by atoms with E-state index in [1.165, 1.54) is 25.7 Å². The first-order chi connectivity index (χ1) is 9.29. The summed E-state index contributed by atoms with van der Waals surface area (Å²) in [5, 5.41) is 0. The lowest BCUT2D eigenvalue weighted by molar-refractivity contribution is 0.288. The molecule has 6 atom stereocenters. The molecule has 0 bridgehead atoms. The average Bonchev–Trinajstić information content (AvgIpc) is 3.15. The van der Waals surface area contributed by atoms with Crippen molar-refractivity contribution in [2.24, 2.45) is 46.8 Å². The van der Waals surface area contributed by atoms with Crippen LogP contribution in [0, 0.1) is 46.8 Å². The minimum Gasteiger partial charge on any atom is -0.0628 e. The molecular weight excluding hydrogens is 240 g/mol. The van der Waals surface area contributed by atoms with E-state index in [0.29, 0.717) is 0 Å². The van der Waals surface area contributed by atoms with Gasteiger partial charge in [-0.15, -0.1) is 0 Å². The molecule has 6 unspecified atom stereocenters. The molecule has 0 aromatic heterocycles. The van der Waals surface area contributed by atoms with Crippen LogP contribution in [0.15, 0.2) is 0 Å². The fourth-order valence-electron chi connectivity index (χ4n) is 5.11. The molecule has 0 radical (unpaired) electrons. The van der Waals surface area contributed by atoms with Gasteiger partial charge in [-0.1, -0.05) is 54.9 Å². The zero-order valence-electron chi connectivity index (χ0n) is 15.1. The number of rotatable bonds is 8. The molecule has 2 aliphatic rings. The van der Waals surface area contributed by atoms with Crippen LogP contribution in [0.25, 0.3) is 0 Å². The minimum atomic E-state index is 0.834. The highest BCUT2D eigenvalue weighted by atomic mass is 14.8. The summed E-state index contributed by atoms with van der Waals surface area (Å²) >= 11 is 0. The van der Waals surface area contributed by atoms with Gasteiger partial charge in [0.25, 0.3) is 0 Å². The van der Waals surface area contributed by atoms with Gasteiger partial charge in [0, 0.05) is 0 Å². The molecule has 0 heteroatoms. The van der Waals surface area contributed by atoms with E-state index in [0.717, 1.165) is 46.8 Å². The Hall–Kier alpha value is 0. The van der Waals surface area contributed by atoms with Crippen molar-refractivity contribution in [1.29, 1.82) is 0 Å². The lowest BCUT2D eigenvalue weighted by Crippen LogP contribution is -2.12. The summed E-state index contributed by atoms with van der Waals surface area (Å²) in [7, 11) is 0. The molecule has 1 spiro atoms. The van der Waals surface area contributed by atoms with Gasteiger partial charge in [-0.05, 0) is 72.5 Å². The van der Waals surface area contributed by atoms with E-state index in [1.54, 1.807) is 6.42 Å². The normalized spacial score (nSPS) is 38.5. The maximum absolute atomic E-state index is 2.52. The van der Waals surface area contributed by atoms with Gasteiger partial charge >= 0.3 is 0 Å². The van der Waals surface area contributed by atoms with Crippen molar-refractivity contribution in [3.63, 3.8) is 0 Å². The zero-order valence-corrected chi connectivity index (χ0v) is 15.1. The Morgan fingerprint density at radius 2 is 1.50 bits per heavy atom. The van der Waals surface area contributed by atoms with E-state index >= 15 is 0 Å². The largest absolute Gasteiger partial charge is 0.0628 e. The summed E-state index contributed by atoms with van der Waals surface area (Å²) in [6.07, 6.45) is 7.43. The molecule has 0 amide bonds. The fourth-order valence-corrected chi connectivity index (χ4v) is 5.11. The second-order valence-corrected chi connectivity index (χ2v) is 9.22. The van der Waals surface area contributed by atoms with Crippen LogP contribution < -0.4 is 0 Å². The van der Waals surface area contributed by atoms with E-state index in [1.807, 2.05) is 0 Å². The summed E-state index contributed by atoms with van der Waals surface area (Å²) < 4.78 is 0. The monoisotopic (exact) mass is 278 g/mol. The van der Waals surface area contributed by atoms with Crippen LogP contribution >= 0.6 is 0 Å². The van der Waals surface area contributed by atoms with E-state index < -0.39 is 0 Å². The molecular formula is C20H38. The van der Waals surface area contributed by atoms with Crippen molar-refractivity contribution in [2.45, 2.75) is 80.6 Å². The van der Waals surface area contributed by atoms with Crippen LogP contribution in [0.5, 0.6) is 0 Å². The Morgan fingerprint density at radius 3 is 1.95 bits per heavy atom. The predicted octanol–water partition coefficient (Wildman–Crippen LogP) is 6.40. The quantitative estimate of drug-likeness (QED) is 0.481. The van der Waals surface area contributed by atoms with Gasteiger partial charge in [0.05, 0.1) is 0 Å². The van der Waals surface area contributed by atoms with Gasteiger partial charge < -0.3 is 0 Å². The van der Waals surface area contributed by atoms with Crippen LogP contribution in [-0.2, 0) is 0 Å². The molecule has 0 saturated heterocycles. The third-order valence-electron chi connectivity index (χ3n) is 6.67. The summed E-state index contributed by atoms with van der Waals surface area (Å²) in [5.74, 6) is 6.80. The van der Waals surface area contributed by atoms with Crippen LogP contribution in [0.3, 0.4) is 0 Å². The third kappa shape index (κ3) is 3.25. The Kier molecular flexibility index (Phi) is 4.92. The molecule has 2 aliphatic carbocycles. The highest BCUT2D eigenvalue weighted by molar-refractivity contribution is 5.22. The number of hydrogen-bond donors (Lipinski definition) is 0. The van der Waals surface area contributed by atoms with Crippen LogP contribution in [-0.4, -0.2) is 0 Å². The van der Waals surface area contributed by atoms with Crippen LogP contribution in [0.1, 0.15) is 80.6 Å². The first kappa shape index (κ1) is 16.4. The second-order valence-electron chi connectivity index (χ2n) is 9.22. The van der Waals surface area contributed by atoms with Gasteiger partial charge in [0.1, 0.15) is 0 Å². The molecule has 2 saturated carbocycles. The molecule has 0 aromatic rings. The topological polar surface area (TPSA) is 0 Å². The molecule has 0 aliphatic heterocycles. The SMILES string of the molecule is CC(C)CCC1C(CC(C)C(C)CC(C)C)C12CC2C. The molecule has 0 N–H and O–H groups in total. The van der Waals surface area contributed by atoms with Gasteiger partial charge in [0.15, 0.2) is 0 Å². The average molecular weight is 279 g/mol. The Bertz CT molecular complexity index is 316. The smallest absolute Gasteiger partial charge is 0.0206 e. The van der Waals surface area contributed by atoms with Gasteiger partial charge in [-0.2, -0.15) is 0 Å². The van der Waals surface area contributed by atoms with Crippen LogP contribution in [0.4, 0.5) is 0 Å². The van der Waals surface area contributed by atoms with Crippen molar-refractivity contribution < 1.29 is 0 Å². The Morgan fingerprint density at radius 1 is 0.900 bits per heavy atom. The Balaban J connectivity index is 1.83. The molecule has 0 aromatic carbocycles. The van der Waals surface area contributed by atoms with E-state index in [2.05, 4.69) is 48.5 Å². The van der Waals surface area contributed by atoms with E-state index in [4.69, 9.17) is 0 Å². The van der Waals surface area contributed by atoms with Gasteiger partial charge in [-0.25, -0.2) is 0 Å². The van der Waals surface area contributed by atoms with Crippen molar-refractivity contribution in [3.05, 3.63) is 0 Å². The standard InChI is InChI=1S/C20H38/c1-13(2)8-9-18-19(20(18)12-17(20)7)11-16(6)15(5)10-14(3)4/h13-19H,8-12H2,1-7H3. The molecule has 118 valence electrons. The fraction of sp³-hybridized carbons (Fsp3) is 1.00. The van der Waals surface area contributed by atoms with E-state index in [9.17, 15) is 0 Å². The summed E-state index contributed by atoms with van der Waals surface area (Å²) in [4.78, 5) is 0. The summed E-state index contributed by atoms with van der Waals surface area (Å²) in [6.45, 7) is 17.0. The lowest BCUT2D eigenvalue weighted by atomic mass is 9.84. The van der Waals surface area contributed by atoms with Crippen LogP contribution in [0.2, 0.25) is 0 Å². The van der Waals surface area contributed by atoms with Gasteiger partial charge in [0.2, 0.25) is 0 Å². The first-order valence-electron chi connectivity index (χ1n) is 9.29. The number of hydrogen-bond acceptors (Lipinski definition) is 0. The lowest BCUT2D eigenvalue weighted by Gasteiger charge is -2.22. The summed E-state index contributed by atoms with van der Waals surface area (Å²) in [5.41, 5.74) is 0.834. The van der Waals surface area contributed by atoms with Crippen molar-refractivity contribution >= 4 is 0 Å². The molecule has 20 heavy (non-hydrogen) atoms. The highest BCUT2D eigenvalue weighted by Crippen LogP contribution is 2.80. The minimum absolute atomic E-state index is 0.834. The highest BCUT2D eigenvalue weighted by Gasteiger charge is 2.74. The maximum atomic E-state index is 2.52. The van der Waals surface area contributed by atoms with Gasteiger partial charge in [-0.3, -0.25) is 0 Å². The predicted molar refractivity (Wildman–Crippen MR) is 89.7 cm³/mol. The molecule has 0 nitrogen and oxygen atoms in total. The molecule has 0 heterocycles.